The van der Waals surface area contributed by atoms with Gasteiger partial charge in [0.15, 0.2) is 11.6 Å². The highest BCUT2D eigenvalue weighted by Crippen LogP contribution is 2.01. The molecule has 0 bridgehead atoms. The molecule has 2 nitrogen and oxygen atoms in total. The monoisotopic (exact) mass is 264 g/mol. The van der Waals surface area contributed by atoms with Crippen molar-refractivity contribution < 1.29 is 9.59 Å². The lowest BCUT2D eigenvalue weighted by atomic mass is 10.1. The van der Waals surface area contributed by atoms with Crippen molar-refractivity contribution in [2.75, 3.05) is 0 Å². The lowest BCUT2D eigenvalue weighted by Crippen LogP contribution is -1.94. The van der Waals surface area contributed by atoms with E-state index in [1.54, 1.807) is 6.92 Å². The highest BCUT2D eigenvalue weighted by atomic mass is 16.1. The summed E-state index contributed by atoms with van der Waals surface area (Å²) < 4.78 is 0. The molecule has 1 aromatic carbocycles. The van der Waals surface area contributed by atoms with Crippen LogP contribution >= 0.6 is 0 Å². The number of benzene rings is 1. The molecule has 0 radical (unpaired) electrons. The van der Waals surface area contributed by atoms with Gasteiger partial charge in [-0.3, -0.25) is 9.59 Å². The first-order valence-corrected chi connectivity index (χ1v) is 6.23. The van der Waals surface area contributed by atoms with Crippen LogP contribution in [0, 0.1) is 0 Å². The molecule has 0 aliphatic heterocycles. The van der Waals surface area contributed by atoms with Crippen molar-refractivity contribution in [1.82, 2.24) is 0 Å². The van der Waals surface area contributed by atoms with Gasteiger partial charge in [0.25, 0.3) is 0 Å². The van der Waals surface area contributed by atoms with Crippen LogP contribution < -0.4 is 0 Å². The van der Waals surface area contributed by atoms with Crippen LogP contribution in [0.25, 0.3) is 0 Å². The zero-order valence-electron chi connectivity index (χ0n) is 12.1. The Labute approximate surface area is 118 Å². The Morgan fingerprint density at radius 2 is 1.42 bits per heavy atom. The number of hydrogen-bond acceptors (Lipinski definition) is 2. The van der Waals surface area contributed by atoms with Gasteiger partial charge in [0.05, 0.1) is 0 Å². The van der Waals surface area contributed by atoms with E-state index < -0.39 is 0 Å². The van der Waals surface area contributed by atoms with Gasteiger partial charge in [-0.15, -0.1) is 0 Å². The molecule has 0 aliphatic rings. The largest absolute Gasteiger partial charge is 0.295 e. The van der Waals surface area contributed by atoms with Crippen molar-refractivity contribution >= 4 is 11.6 Å². The van der Waals surface area contributed by atoms with Gasteiger partial charge < -0.3 is 0 Å². The number of allylic oxidation sites excluding steroid dienone is 1. The topological polar surface area (TPSA) is 34.1 Å². The lowest BCUT2D eigenvalue weighted by Gasteiger charge is -1.93. The molecule has 0 N–H and O–H groups in total. The van der Waals surface area contributed by atoms with Crippen molar-refractivity contribution in [3.63, 3.8) is 0 Å². The van der Waals surface area contributed by atoms with Crippen molar-refractivity contribution in [2.45, 2.75) is 48.5 Å². The number of Topliss-reactive ketones (excluding diaryl/α,β-unsaturated/α-hetero) is 2. The molecule has 0 aromatic heterocycles. The van der Waals surface area contributed by atoms with Gasteiger partial charge in [-0.1, -0.05) is 65.1 Å². The van der Waals surface area contributed by atoms with Crippen LogP contribution in [0.5, 0.6) is 0 Å². The highest BCUT2D eigenvalue weighted by Gasteiger charge is 1.98. The predicted octanol–water partition coefficient (Wildman–Crippen LogP) is 5.09. The molecule has 0 spiro atoms. The molecular weight excluding hydrogens is 236 g/mol. The molecule has 1 aromatic rings. The van der Waals surface area contributed by atoms with Crippen LogP contribution in [-0.2, 0) is 4.79 Å². The van der Waals surface area contributed by atoms with E-state index in [0.717, 1.165) is 5.56 Å². The van der Waals surface area contributed by atoms with Gasteiger partial charge in [-0.25, -0.2) is 0 Å². The molecule has 0 atom stereocenters. The number of ketones is 2. The van der Waals surface area contributed by atoms with Gasteiger partial charge >= 0.3 is 0 Å². The number of carbonyl (C=O) groups excluding carboxylic acids is 2. The predicted molar refractivity (Wildman–Crippen MR) is 84.6 cm³/mol. The summed E-state index contributed by atoms with van der Waals surface area (Å²) >= 11 is 0. The zero-order valence-corrected chi connectivity index (χ0v) is 12.1. The first kappa shape index (κ1) is 22.5. The average Bonchev–Trinajstić information content (AvgIpc) is 2.41. The van der Waals surface area contributed by atoms with Crippen LogP contribution in [0.3, 0.4) is 0 Å². The Morgan fingerprint density at radius 1 is 1.05 bits per heavy atom. The molecule has 0 unspecified atom stereocenters. The highest BCUT2D eigenvalue weighted by molar-refractivity contribution is 5.95. The fourth-order valence-electron chi connectivity index (χ4n) is 0.828. The Hall–Kier alpha value is -1.70. The molecule has 0 saturated carbocycles. The fraction of sp³-hybridized carbons (Fsp3) is 0.412. The molecule has 0 aliphatic carbocycles. The average molecular weight is 264 g/mol. The summed E-state index contributed by atoms with van der Waals surface area (Å²) in [5.74, 6) is 0.274. The van der Waals surface area contributed by atoms with Crippen molar-refractivity contribution in [2.24, 2.45) is 0 Å². The van der Waals surface area contributed by atoms with E-state index in [4.69, 9.17) is 0 Å². The number of carbonyl (C=O) groups is 2. The van der Waals surface area contributed by atoms with Crippen LogP contribution in [0.2, 0.25) is 0 Å². The summed E-state index contributed by atoms with van der Waals surface area (Å²) in [6.07, 6.45) is 0.587. The Morgan fingerprint density at radius 3 is 1.68 bits per heavy atom. The summed E-state index contributed by atoms with van der Waals surface area (Å²) in [6.45, 7) is 12.5. The van der Waals surface area contributed by atoms with Gasteiger partial charge in [0.1, 0.15) is 0 Å². The molecule has 1 rings (SSSR count). The minimum absolute atomic E-state index is 0. The van der Waals surface area contributed by atoms with E-state index in [-0.39, 0.29) is 19.0 Å². The molecule has 0 heterocycles. The Kier molecular flexibility index (Phi) is 17.0. The second-order valence-corrected chi connectivity index (χ2v) is 3.48. The molecule has 19 heavy (non-hydrogen) atoms. The summed E-state index contributed by atoms with van der Waals surface area (Å²) in [4.78, 5) is 21.1. The summed E-state index contributed by atoms with van der Waals surface area (Å²) in [7, 11) is 0. The van der Waals surface area contributed by atoms with Crippen LogP contribution in [0.15, 0.2) is 42.5 Å². The van der Waals surface area contributed by atoms with E-state index in [2.05, 4.69) is 6.58 Å². The Bertz CT molecular complexity index is 352. The van der Waals surface area contributed by atoms with E-state index in [1.165, 1.54) is 6.92 Å². The molecule has 0 saturated heterocycles. The smallest absolute Gasteiger partial charge is 0.162 e. The van der Waals surface area contributed by atoms with Crippen LogP contribution in [0.1, 0.15) is 58.8 Å². The summed E-state index contributed by atoms with van der Waals surface area (Å²) in [6, 6.07) is 9.34. The van der Waals surface area contributed by atoms with Crippen LogP contribution in [-0.4, -0.2) is 11.6 Å². The fourth-order valence-corrected chi connectivity index (χ4v) is 0.828. The van der Waals surface area contributed by atoms with Crippen LogP contribution in [0.4, 0.5) is 0 Å². The zero-order chi connectivity index (χ0) is 14.6. The van der Waals surface area contributed by atoms with E-state index in [9.17, 15) is 9.59 Å². The first-order valence-electron chi connectivity index (χ1n) is 6.23. The second-order valence-electron chi connectivity index (χ2n) is 3.48. The summed E-state index contributed by atoms with van der Waals surface area (Å²) in [5.41, 5.74) is 1.43. The molecule has 108 valence electrons. The van der Waals surface area contributed by atoms with E-state index >= 15 is 0 Å². The van der Waals surface area contributed by atoms with Crippen molar-refractivity contribution in [1.29, 1.82) is 0 Å². The SMILES string of the molecule is C.C=C(C)C(C)=O.CC.CCC(=O)c1ccccc1. The summed E-state index contributed by atoms with van der Waals surface area (Å²) in [5, 5.41) is 0. The van der Waals surface area contributed by atoms with E-state index in [0.29, 0.717) is 12.0 Å². The molecule has 0 amide bonds. The Balaban J connectivity index is -0.000000249. The third kappa shape index (κ3) is 12.5. The number of rotatable bonds is 3. The van der Waals surface area contributed by atoms with Gasteiger partial charge in [0, 0.05) is 12.0 Å². The number of hydrogen-bond donors (Lipinski definition) is 0. The molecular formula is C17H28O2. The van der Waals surface area contributed by atoms with E-state index in [1.807, 2.05) is 51.1 Å². The molecule has 0 fully saturated rings. The maximum Gasteiger partial charge on any atom is 0.162 e. The third-order valence-electron chi connectivity index (χ3n) is 2.02. The molecule has 2 heteroatoms. The minimum atomic E-state index is 0. The minimum Gasteiger partial charge on any atom is -0.295 e. The standard InChI is InChI=1S/C9H10O.C5H8O.C2H6.CH4/c1-2-9(10)8-6-4-3-5-7-8;1-4(2)5(3)6;1-2;/h3-7H,2H2,1H3;1H2,2-3H3;1-2H3;1H4. The van der Waals surface area contributed by atoms with Crippen molar-refractivity contribution in [3.8, 4) is 0 Å². The van der Waals surface area contributed by atoms with Gasteiger partial charge in [-0.05, 0) is 19.4 Å². The quantitative estimate of drug-likeness (QED) is 0.562. The van der Waals surface area contributed by atoms with Crippen molar-refractivity contribution in [3.05, 3.63) is 48.0 Å². The second kappa shape index (κ2) is 14.4. The third-order valence-corrected chi connectivity index (χ3v) is 2.02. The first-order chi connectivity index (χ1) is 8.49. The lowest BCUT2D eigenvalue weighted by molar-refractivity contribution is -0.113. The van der Waals surface area contributed by atoms with Gasteiger partial charge in [0.2, 0.25) is 0 Å². The maximum absolute atomic E-state index is 11.0. The normalized spacial score (nSPS) is 7.63. The maximum atomic E-state index is 11.0. The van der Waals surface area contributed by atoms with Gasteiger partial charge in [-0.2, -0.15) is 0 Å².